The van der Waals surface area contributed by atoms with Crippen LogP contribution in [0.25, 0.3) is 0 Å². The molecule has 3 heteroatoms. The molecule has 6 rings (SSSR count). The molecule has 5 aliphatic rings. The largest absolute Gasteiger partial charge is 0.493 e. The van der Waals surface area contributed by atoms with Crippen molar-refractivity contribution in [1.29, 1.82) is 0 Å². The zero-order chi connectivity index (χ0) is 15.4. The van der Waals surface area contributed by atoms with Gasteiger partial charge in [-0.15, -0.1) is 0 Å². The number of carbonyl (C=O) groups excluding carboxylic acids is 1. The topological polar surface area (TPSA) is 35.5 Å². The Labute approximate surface area is 135 Å². The number of ether oxygens (including phenoxy) is 2. The van der Waals surface area contributed by atoms with Gasteiger partial charge in [0.2, 0.25) is 0 Å². The SMILES string of the molecule is COc1ccc2c3c1O[C@H]1C(=O)CC=C4[C@@H]5CCCC5(C2)C[C@]431. The van der Waals surface area contributed by atoms with Crippen LogP contribution in [0.2, 0.25) is 0 Å². The third-order valence-electron chi connectivity index (χ3n) is 7.34. The fourth-order valence-corrected chi connectivity index (χ4v) is 6.78. The van der Waals surface area contributed by atoms with Crippen molar-refractivity contribution in [3.8, 4) is 11.5 Å². The molecule has 1 heterocycles. The van der Waals surface area contributed by atoms with Crippen LogP contribution in [-0.2, 0) is 16.6 Å². The molecule has 1 aromatic rings. The van der Waals surface area contributed by atoms with Gasteiger partial charge in [-0.05, 0) is 48.6 Å². The Bertz CT molecular complexity index is 807. The molecule has 1 aromatic carbocycles. The van der Waals surface area contributed by atoms with Gasteiger partial charge in [-0.3, -0.25) is 4.79 Å². The van der Waals surface area contributed by atoms with E-state index in [1.807, 2.05) is 6.07 Å². The summed E-state index contributed by atoms with van der Waals surface area (Å²) >= 11 is 0. The first kappa shape index (κ1) is 12.6. The third-order valence-corrected chi connectivity index (χ3v) is 7.34. The van der Waals surface area contributed by atoms with Gasteiger partial charge in [0.15, 0.2) is 23.4 Å². The monoisotopic (exact) mass is 308 g/mol. The van der Waals surface area contributed by atoms with Gasteiger partial charge in [-0.1, -0.05) is 24.1 Å². The number of benzene rings is 1. The van der Waals surface area contributed by atoms with E-state index in [9.17, 15) is 4.79 Å². The molecule has 23 heavy (non-hydrogen) atoms. The quantitative estimate of drug-likeness (QED) is 0.747. The lowest BCUT2D eigenvalue weighted by atomic mass is 9.61. The van der Waals surface area contributed by atoms with Crippen LogP contribution in [0.4, 0.5) is 0 Å². The van der Waals surface area contributed by atoms with Crippen LogP contribution in [0.5, 0.6) is 11.5 Å². The Morgan fingerprint density at radius 1 is 1.35 bits per heavy atom. The van der Waals surface area contributed by atoms with E-state index in [1.54, 1.807) is 7.11 Å². The van der Waals surface area contributed by atoms with Gasteiger partial charge in [0.25, 0.3) is 0 Å². The predicted octanol–water partition coefficient (Wildman–Crippen LogP) is 3.34. The highest BCUT2D eigenvalue weighted by molar-refractivity contribution is 5.92. The number of rotatable bonds is 1. The minimum atomic E-state index is -0.310. The Morgan fingerprint density at radius 3 is 3.13 bits per heavy atom. The summed E-state index contributed by atoms with van der Waals surface area (Å²) in [5, 5.41) is 0. The molecule has 4 aliphatic carbocycles. The number of Topliss-reactive ketones (excluding diaryl/α,β-unsaturated/α-hetero) is 1. The molecule has 2 spiro atoms. The molecule has 0 radical (unpaired) electrons. The lowest BCUT2D eigenvalue weighted by Gasteiger charge is -2.40. The Morgan fingerprint density at radius 2 is 2.26 bits per heavy atom. The summed E-state index contributed by atoms with van der Waals surface area (Å²) < 4.78 is 11.9. The smallest absolute Gasteiger partial charge is 0.178 e. The van der Waals surface area contributed by atoms with E-state index in [-0.39, 0.29) is 17.3 Å². The predicted molar refractivity (Wildman–Crippen MR) is 84.9 cm³/mol. The summed E-state index contributed by atoms with van der Waals surface area (Å²) in [6, 6.07) is 4.25. The molecule has 4 atom stereocenters. The number of ketones is 1. The third kappa shape index (κ3) is 1.16. The first-order valence-electron chi connectivity index (χ1n) is 8.80. The van der Waals surface area contributed by atoms with Crippen LogP contribution < -0.4 is 9.47 Å². The first-order chi connectivity index (χ1) is 11.2. The van der Waals surface area contributed by atoms with E-state index >= 15 is 0 Å². The van der Waals surface area contributed by atoms with Crippen molar-refractivity contribution in [3.63, 3.8) is 0 Å². The maximum absolute atomic E-state index is 12.7. The first-order valence-corrected chi connectivity index (χ1v) is 8.80. The van der Waals surface area contributed by atoms with Crippen molar-refractivity contribution in [2.45, 2.75) is 50.0 Å². The molecule has 0 aromatic heterocycles. The maximum Gasteiger partial charge on any atom is 0.178 e. The number of hydrogen-bond donors (Lipinski definition) is 0. The van der Waals surface area contributed by atoms with Crippen LogP contribution in [0.15, 0.2) is 23.8 Å². The molecule has 2 bridgehead atoms. The van der Waals surface area contributed by atoms with E-state index in [0.717, 1.165) is 24.3 Å². The van der Waals surface area contributed by atoms with Gasteiger partial charge in [0, 0.05) is 12.0 Å². The molecule has 1 aliphatic heterocycles. The van der Waals surface area contributed by atoms with E-state index in [4.69, 9.17) is 9.47 Å². The van der Waals surface area contributed by atoms with Crippen LogP contribution >= 0.6 is 0 Å². The van der Waals surface area contributed by atoms with Crippen LogP contribution in [0.1, 0.15) is 43.2 Å². The molecule has 1 unspecified atom stereocenters. The average molecular weight is 308 g/mol. The van der Waals surface area contributed by atoms with Crippen LogP contribution in [0.3, 0.4) is 0 Å². The molecule has 0 N–H and O–H groups in total. The summed E-state index contributed by atoms with van der Waals surface area (Å²) in [7, 11) is 1.69. The number of hydrogen-bond acceptors (Lipinski definition) is 3. The van der Waals surface area contributed by atoms with Crippen molar-refractivity contribution >= 4 is 5.78 Å². The molecular weight excluding hydrogens is 288 g/mol. The zero-order valence-electron chi connectivity index (χ0n) is 13.4. The van der Waals surface area contributed by atoms with Crippen molar-refractivity contribution in [3.05, 3.63) is 34.9 Å². The normalized spacial score (nSPS) is 41.3. The fourth-order valence-electron chi connectivity index (χ4n) is 6.78. The molecular formula is C20H20O3. The summed E-state index contributed by atoms with van der Waals surface area (Å²) in [6.45, 7) is 0. The number of methoxy groups -OCH3 is 1. The van der Waals surface area contributed by atoms with E-state index < -0.39 is 0 Å². The molecule has 3 nitrogen and oxygen atoms in total. The summed E-state index contributed by atoms with van der Waals surface area (Å²) in [5.41, 5.74) is 4.44. The summed E-state index contributed by atoms with van der Waals surface area (Å²) in [4.78, 5) is 12.7. The second-order valence-electron chi connectivity index (χ2n) is 8.09. The highest BCUT2D eigenvalue weighted by Gasteiger charge is 2.71. The number of fused-ring (bicyclic) bond motifs is 1. The van der Waals surface area contributed by atoms with Crippen molar-refractivity contribution in [2.75, 3.05) is 7.11 Å². The summed E-state index contributed by atoms with van der Waals surface area (Å²) in [6.07, 6.45) is 8.68. The van der Waals surface area contributed by atoms with Gasteiger partial charge in [-0.25, -0.2) is 0 Å². The summed E-state index contributed by atoms with van der Waals surface area (Å²) in [5.74, 6) is 2.54. The van der Waals surface area contributed by atoms with Gasteiger partial charge in [0.1, 0.15) is 0 Å². The second kappa shape index (κ2) is 3.66. The Kier molecular flexibility index (Phi) is 2.01. The lowest BCUT2D eigenvalue weighted by Crippen LogP contribution is -2.47. The molecule has 118 valence electrons. The van der Waals surface area contributed by atoms with Gasteiger partial charge in [0.05, 0.1) is 12.5 Å². The van der Waals surface area contributed by atoms with Crippen LogP contribution in [-0.4, -0.2) is 19.0 Å². The number of allylic oxidation sites excluding steroid dienone is 1. The van der Waals surface area contributed by atoms with Crippen molar-refractivity contribution in [1.82, 2.24) is 0 Å². The van der Waals surface area contributed by atoms with Crippen molar-refractivity contribution < 1.29 is 14.3 Å². The van der Waals surface area contributed by atoms with Crippen LogP contribution in [0, 0.1) is 11.3 Å². The Hall–Kier alpha value is -1.77. The van der Waals surface area contributed by atoms with E-state index in [2.05, 4.69) is 12.1 Å². The van der Waals surface area contributed by atoms with E-state index in [1.165, 1.54) is 36.0 Å². The minimum absolute atomic E-state index is 0.169. The second-order valence-corrected chi connectivity index (χ2v) is 8.09. The highest BCUT2D eigenvalue weighted by atomic mass is 16.5. The van der Waals surface area contributed by atoms with Gasteiger partial charge >= 0.3 is 0 Å². The van der Waals surface area contributed by atoms with Gasteiger partial charge < -0.3 is 9.47 Å². The highest BCUT2D eigenvalue weighted by Crippen LogP contribution is 2.74. The molecule has 2 saturated carbocycles. The van der Waals surface area contributed by atoms with E-state index in [0.29, 0.717) is 17.8 Å². The minimum Gasteiger partial charge on any atom is -0.493 e. The molecule has 0 amide bonds. The zero-order valence-corrected chi connectivity index (χ0v) is 13.4. The van der Waals surface area contributed by atoms with Crippen molar-refractivity contribution in [2.24, 2.45) is 11.3 Å². The Balaban J connectivity index is 1.72. The average Bonchev–Trinajstić information content (AvgIpc) is 3.15. The van der Waals surface area contributed by atoms with Gasteiger partial charge in [-0.2, -0.15) is 0 Å². The fraction of sp³-hybridized carbons (Fsp3) is 0.550. The number of carbonyl (C=O) groups is 1. The maximum atomic E-state index is 12.7. The lowest BCUT2D eigenvalue weighted by molar-refractivity contribution is -0.127. The standard InChI is InChI=1S/C20H20O3/c1-22-15-7-4-11-9-19-8-2-3-12(19)13-5-6-14(21)18-20(13,10-19)16(11)17(15)23-18/h4-5,7,12,18H,2-3,6,8-10H2,1H3/t12-,18-,19?,20-/m0/s1. The molecule has 2 fully saturated rings. The molecule has 0 saturated heterocycles.